The van der Waals surface area contributed by atoms with E-state index in [-0.39, 0.29) is 24.6 Å². The normalized spacial score (nSPS) is 12.7. The lowest BCUT2D eigenvalue weighted by molar-refractivity contribution is 0.248. The Kier molecular flexibility index (Phi) is 5.27. The summed E-state index contributed by atoms with van der Waals surface area (Å²) in [6.45, 7) is 8.18. The third kappa shape index (κ3) is 3.72. The van der Waals surface area contributed by atoms with Crippen LogP contribution in [0.3, 0.4) is 0 Å². The van der Waals surface area contributed by atoms with Crippen LogP contribution in [0, 0.1) is 5.92 Å². The van der Waals surface area contributed by atoms with Crippen molar-refractivity contribution in [2.24, 2.45) is 5.92 Å². The van der Waals surface area contributed by atoms with Crippen molar-refractivity contribution < 1.29 is 5.11 Å². The predicted molar refractivity (Wildman–Crippen MR) is 100 cm³/mol. The van der Waals surface area contributed by atoms with Crippen LogP contribution >= 0.6 is 0 Å². The quantitative estimate of drug-likeness (QED) is 0.591. The number of aliphatic hydroxyl groups is 1. The van der Waals surface area contributed by atoms with Gasteiger partial charge in [-0.3, -0.25) is 0 Å². The second-order valence-corrected chi connectivity index (χ2v) is 6.69. The molecule has 0 bridgehead atoms. The summed E-state index contributed by atoms with van der Waals surface area (Å²) in [6.07, 6.45) is 5.05. The van der Waals surface area contributed by atoms with E-state index in [1.807, 2.05) is 18.4 Å². The van der Waals surface area contributed by atoms with E-state index in [1.54, 1.807) is 24.8 Å². The fourth-order valence-electron chi connectivity index (χ4n) is 2.50. The molecule has 0 spiro atoms. The van der Waals surface area contributed by atoms with Gasteiger partial charge in [-0.15, -0.1) is 0 Å². The third-order valence-electron chi connectivity index (χ3n) is 4.09. The maximum absolute atomic E-state index is 9.61. The van der Waals surface area contributed by atoms with E-state index in [0.717, 1.165) is 0 Å². The van der Waals surface area contributed by atoms with Crippen LogP contribution in [-0.4, -0.2) is 47.2 Å². The van der Waals surface area contributed by atoms with E-state index >= 15 is 0 Å². The first-order valence-corrected chi connectivity index (χ1v) is 8.65. The molecule has 3 N–H and O–H groups in total. The zero-order chi connectivity index (χ0) is 18.7. The largest absolute Gasteiger partial charge is 0.394 e. The summed E-state index contributed by atoms with van der Waals surface area (Å²) < 4.78 is 1.97. The van der Waals surface area contributed by atoms with Crippen LogP contribution in [-0.2, 0) is 0 Å². The molecule has 0 unspecified atom stereocenters. The number of nitrogens with one attached hydrogen (secondary N) is 2. The Hall–Kier alpha value is -2.81. The first-order valence-electron chi connectivity index (χ1n) is 8.65. The number of aromatic nitrogens is 6. The lowest BCUT2D eigenvalue weighted by Crippen LogP contribution is -2.30. The van der Waals surface area contributed by atoms with Gasteiger partial charge in [-0.2, -0.15) is 9.97 Å². The van der Waals surface area contributed by atoms with E-state index in [0.29, 0.717) is 28.9 Å². The Morgan fingerprint density at radius 3 is 2.38 bits per heavy atom. The average Bonchev–Trinajstić information content (AvgIpc) is 3.04. The average molecular weight is 356 g/mol. The molecule has 0 radical (unpaired) electrons. The maximum Gasteiger partial charge on any atom is 0.228 e. The van der Waals surface area contributed by atoms with Crippen molar-refractivity contribution in [1.29, 1.82) is 0 Å². The van der Waals surface area contributed by atoms with Crippen LogP contribution < -0.4 is 10.6 Å². The minimum Gasteiger partial charge on any atom is -0.394 e. The van der Waals surface area contributed by atoms with Gasteiger partial charge in [0.15, 0.2) is 17.0 Å². The number of rotatable bonds is 7. The SMILES string of the molecule is CC(C)[C@H](CO)Nc1nc(Nc2ncccn2)c2ncn(C(C)C)c2n1. The zero-order valence-electron chi connectivity index (χ0n) is 15.4. The standard InChI is InChI=1S/C17H24N8O/c1-10(2)12(8-26)21-17-23-14(22-16-18-6-5-7-19-16)13-15(24-17)25(9-20-13)11(3)4/h5-7,9-12,26H,8H2,1-4H3,(H2,18,19,21,22,23,24)/t12-/m0/s1. The molecule has 0 aliphatic heterocycles. The summed E-state index contributed by atoms with van der Waals surface area (Å²) in [5.74, 6) is 1.60. The molecule has 0 saturated carbocycles. The first kappa shape index (κ1) is 18.0. The van der Waals surface area contributed by atoms with Gasteiger partial charge < -0.3 is 20.3 Å². The smallest absolute Gasteiger partial charge is 0.228 e. The van der Waals surface area contributed by atoms with E-state index < -0.39 is 0 Å². The summed E-state index contributed by atoms with van der Waals surface area (Å²) in [5, 5.41) is 15.9. The minimum absolute atomic E-state index is 0.00688. The lowest BCUT2D eigenvalue weighted by atomic mass is 10.1. The molecule has 0 saturated heterocycles. The summed E-state index contributed by atoms with van der Waals surface area (Å²) in [5.41, 5.74) is 1.35. The molecule has 9 nitrogen and oxygen atoms in total. The highest BCUT2D eigenvalue weighted by Gasteiger charge is 2.18. The van der Waals surface area contributed by atoms with Gasteiger partial charge in [-0.1, -0.05) is 13.8 Å². The molecule has 138 valence electrons. The molecular weight excluding hydrogens is 332 g/mol. The van der Waals surface area contributed by atoms with Crippen molar-refractivity contribution in [1.82, 2.24) is 29.5 Å². The van der Waals surface area contributed by atoms with Crippen molar-refractivity contribution >= 4 is 28.9 Å². The third-order valence-corrected chi connectivity index (χ3v) is 4.09. The molecule has 0 amide bonds. The first-order chi connectivity index (χ1) is 12.5. The molecule has 3 rings (SSSR count). The van der Waals surface area contributed by atoms with Crippen molar-refractivity contribution in [2.75, 3.05) is 17.2 Å². The van der Waals surface area contributed by atoms with Gasteiger partial charge in [0, 0.05) is 18.4 Å². The summed E-state index contributed by atoms with van der Waals surface area (Å²) in [4.78, 5) is 22.0. The van der Waals surface area contributed by atoms with Gasteiger partial charge in [-0.05, 0) is 25.8 Å². The van der Waals surface area contributed by atoms with Gasteiger partial charge in [0.05, 0.1) is 19.0 Å². The molecular formula is C17H24N8O. The molecule has 3 aromatic heterocycles. The fraction of sp³-hybridized carbons (Fsp3) is 0.471. The van der Waals surface area contributed by atoms with Crippen molar-refractivity contribution in [3.05, 3.63) is 24.8 Å². The molecule has 3 heterocycles. The Morgan fingerprint density at radius 2 is 1.77 bits per heavy atom. The minimum atomic E-state index is -0.149. The molecule has 0 aromatic carbocycles. The van der Waals surface area contributed by atoms with Crippen LogP contribution in [0.1, 0.15) is 33.7 Å². The Morgan fingerprint density at radius 1 is 1.04 bits per heavy atom. The highest BCUT2D eigenvalue weighted by Crippen LogP contribution is 2.25. The van der Waals surface area contributed by atoms with Gasteiger partial charge in [0.25, 0.3) is 0 Å². The number of hydrogen-bond donors (Lipinski definition) is 3. The second-order valence-electron chi connectivity index (χ2n) is 6.69. The Bertz CT molecular complexity index is 862. The van der Waals surface area contributed by atoms with Gasteiger partial charge >= 0.3 is 0 Å². The maximum atomic E-state index is 9.61. The number of fused-ring (bicyclic) bond motifs is 1. The van der Waals surface area contributed by atoms with E-state index in [9.17, 15) is 5.11 Å². The van der Waals surface area contributed by atoms with Gasteiger partial charge in [-0.25, -0.2) is 15.0 Å². The zero-order valence-corrected chi connectivity index (χ0v) is 15.4. The summed E-state index contributed by atoms with van der Waals surface area (Å²) >= 11 is 0. The highest BCUT2D eigenvalue weighted by molar-refractivity contribution is 5.85. The second kappa shape index (κ2) is 7.61. The van der Waals surface area contributed by atoms with Gasteiger partial charge in [0.2, 0.25) is 11.9 Å². The van der Waals surface area contributed by atoms with E-state index in [1.165, 1.54) is 0 Å². The van der Waals surface area contributed by atoms with E-state index in [2.05, 4.69) is 49.4 Å². The number of imidazole rings is 1. The highest BCUT2D eigenvalue weighted by atomic mass is 16.3. The van der Waals surface area contributed by atoms with Gasteiger partial charge in [0.1, 0.15) is 0 Å². The van der Waals surface area contributed by atoms with Crippen molar-refractivity contribution in [3.63, 3.8) is 0 Å². The molecule has 0 aliphatic rings. The topological polar surface area (TPSA) is 114 Å². The Labute approximate surface area is 152 Å². The number of anilines is 3. The van der Waals surface area contributed by atoms with Crippen LogP contribution in [0.15, 0.2) is 24.8 Å². The van der Waals surface area contributed by atoms with Crippen molar-refractivity contribution in [3.8, 4) is 0 Å². The number of aliphatic hydroxyl groups excluding tert-OH is 1. The van der Waals surface area contributed by atoms with Crippen LogP contribution in [0.25, 0.3) is 11.2 Å². The van der Waals surface area contributed by atoms with Crippen molar-refractivity contribution in [2.45, 2.75) is 39.8 Å². The van der Waals surface area contributed by atoms with Crippen LogP contribution in [0.5, 0.6) is 0 Å². The molecule has 26 heavy (non-hydrogen) atoms. The van der Waals surface area contributed by atoms with E-state index in [4.69, 9.17) is 0 Å². The summed E-state index contributed by atoms with van der Waals surface area (Å²) in [7, 11) is 0. The molecule has 9 heteroatoms. The summed E-state index contributed by atoms with van der Waals surface area (Å²) in [6, 6.07) is 1.79. The number of hydrogen-bond acceptors (Lipinski definition) is 8. The fourth-order valence-corrected chi connectivity index (χ4v) is 2.50. The van der Waals surface area contributed by atoms with Crippen LogP contribution in [0.2, 0.25) is 0 Å². The Balaban J connectivity index is 2.06. The molecule has 3 aromatic rings. The molecule has 0 aliphatic carbocycles. The monoisotopic (exact) mass is 356 g/mol. The van der Waals surface area contributed by atoms with Crippen LogP contribution in [0.4, 0.5) is 17.7 Å². The lowest BCUT2D eigenvalue weighted by Gasteiger charge is -2.20. The number of nitrogens with zero attached hydrogens (tertiary/aromatic N) is 6. The predicted octanol–water partition coefficient (Wildman–Crippen LogP) is 2.37. The molecule has 0 fully saturated rings. The molecule has 1 atom stereocenters.